The molecule has 0 atom stereocenters. The molecule has 1 N–H and O–H groups in total. The molecule has 1 aromatic carbocycles. The molecule has 0 saturated carbocycles. The van der Waals surface area contributed by atoms with Crippen LogP contribution in [0.2, 0.25) is 0 Å². The van der Waals surface area contributed by atoms with Crippen molar-refractivity contribution in [3.63, 3.8) is 0 Å². The highest BCUT2D eigenvalue weighted by Gasteiger charge is 2.30. The van der Waals surface area contributed by atoms with Crippen LogP contribution in [0.3, 0.4) is 0 Å². The van der Waals surface area contributed by atoms with E-state index in [2.05, 4.69) is 0 Å². The molecule has 1 fully saturated rings. The fourth-order valence-corrected chi connectivity index (χ4v) is 2.68. The van der Waals surface area contributed by atoms with E-state index in [-0.39, 0.29) is 25.0 Å². The van der Waals surface area contributed by atoms with E-state index in [1.807, 2.05) is 0 Å². The first kappa shape index (κ1) is 18.7. The number of hydrogen-bond acceptors (Lipinski definition) is 3. The van der Waals surface area contributed by atoms with Crippen LogP contribution in [-0.2, 0) is 22.1 Å². The van der Waals surface area contributed by atoms with Gasteiger partial charge in [-0.3, -0.25) is 4.79 Å². The Kier molecular flexibility index (Phi) is 6.62. The van der Waals surface area contributed by atoms with Gasteiger partial charge in [0.25, 0.3) is 0 Å². The fourth-order valence-electron chi connectivity index (χ4n) is 2.68. The van der Waals surface area contributed by atoms with Crippen molar-refractivity contribution in [1.29, 1.82) is 0 Å². The summed E-state index contributed by atoms with van der Waals surface area (Å²) in [6.45, 7) is 1.79. The number of likely N-dealkylation sites (tertiary alicyclic amines) is 1. The standard InChI is InChI=1S/C17H22F3NO3/c18-17(19,20)14-4-2-13(3-5-14)12-16(23)21-8-6-15(7-9-21)24-11-1-10-22/h2-5,15,22H,1,6-12H2. The molecule has 2 rings (SSSR count). The molecule has 1 aromatic rings. The molecule has 1 saturated heterocycles. The number of alkyl halides is 3. The van der Waals surface area contributed by atoms with Crippen molar-refractivity contribution in [2.45, 2.75) is 38.0 Å². The van der Waals surface area contributed by atoms with Crippen LogP contribution >= 0.6 is 0 Å². The lowest BCUT2D eigenvalue weighted by atomic mass is 10.0. The van der Waals surface area contributed by atoms with Crippen molar-refractivity contribution >= 4 is 5.91 Å². The van der Waals surface area contributed by atoms with Crippen LogP contribution in [-0.4, -0.2) is 48.3 Å². The Bertz CT molecular complexity index is 523. The van der Waals surface area contributed by atoms with E-state index in [9.17, 15) is 18.0 Å². The van der Waals surface area contributed by atoms with Gasteiger partial charge in [-0.25, -0.2) is 0 Å². The molecule has 4 nitrogen and oxygen atoms in total. The number of nitrogens with zero attached hydrogens (tertiary/aromatic N) is 1. The first-order valence-electron chi connectivity index (χ1n) is 8.06. The van der Waals surface area contributed by atoms with Crippen molar-refractivity contribution in [2.24, 2.45) is 0 Å². The number of carbonyl (C=O) groups is 1. The summed E-state index contributed by atoms with van der Waals surface area (Å²) >= 11 is 0. The summed E-state index contributed by atoms with van der Waals surface area (Å²) < 4.78 is 43.2. The molecule has 0 bridgehead atoms. The lowest BCUT2D eigenvalue weighted by Crippen LogP contribution is -2.41. The number of amides is 1. The molecule has 1 aliphatic heterocycles. The van der Waals surface area contributed by atoms with Crippen LogP contribution in [0.1, 0.15) is 30.4 Å². The minimum Gasteiger partial charge on any atom is -0.396 e. The first-order valence-corrected chi connectivity index (χ1v) is 8.06. The molecular weight excluding hydrogens is 323 g/mol. The Morgan fingerprint density at radius 2 is 1.83 bits per heavy atom. The molecule has 1 heterocycles. The number of rotatable bonds is 6. The molecular formula is C17H22F3NO3. The van der Waals surface area contributed by atoms with Crippen LogP contribution in [0.5, 0.6) is 0 Å². The van der Waals surface area contributed by atoms with Crippen LogP contribution in [0.25, 0.3) is 0 Å². The number of piperidine rings is 1. The largest absolute Gasteiger partial charge is 0.416 e. The van der Waals surface area contributed by atoms with E-state index < -0.39 is 11.7 Å². The smallest absolute Gasteiger partial charge is 0.396 e. The lowest BCUT2D eigenvalue weighted by Gasteiger charge is -2.32. The third kappa shape index (κ3) is 5.49. The number of aliphatic hydroxyl groups excluding tert-OH is 1. The molecule has 0 aromatic heterocycles. The first-order chi connectivity index (χ1) is 11.4. The number of carbonyl (C=O) groups excluding carboxylic acids is 1. The van der Waals surface area contributed by atoms with Gasteiger partial charge in [0.15, 0.2) is 0 Å². The van der Waals surface area contributed by atoms with Crippen molar-refractivity contribution < 1.29 is 27.8 Å². The van der Waals surface area contributed by atoms with E-state index >= 15 is 0 Å². The van der Waals surface area contributed by atoms with Gasteiger partial charge in [-0.05, 0) is 37.0 Å². The van der Waals surface area contributed by atoms with Gasteiger partial charge in [0.05, 0.1) is 18.1 Å². The highest BCUT2D eigenvalue weighted by molar-refractivity contribution is 5.78. The molecule has 0 unspecified atom stereocenters. The quantitative estimate of drug-likeness (QED) is 0.807. The van der Waals surface area contributed by atoms with E-state index in [1.54, 1.807) is 4.90 Å². The van der Waals surface area contributed by atoms with Crippen LogP contribution in [0, 0.1) is 0 Å². The highest BCUT2D eigenvalue weighted by atomic mass is 19.4. The Morgan fingerprint density at radius 3 is 2.38 bits per heavy atom. The summed E-state index contributed by atoms with van der Waals surface area (Å²) in [6, 6.07) is 4.71. The SMILES string of the molecule is O=C(Cc1ccc(C(F)(F)F)cc1)N1CCC(OCCCO)CC1. The number of aliphatic hydroxyl groups is 1. The van der Waals surface area contributed by atoms with E-state index in [1.165, 1.54) is 12.1 Å². The van der Waals surface area contributed by atoms with Gasteiger partial charge < -0.3 is 14.7 Å². The third-order valence-corrected chi connectivity index (χ3v) is 4.09. The predicted molar refractivity (Wildman–Crippen MR) is 82.4 cm³/mol. The minimum atomic E-state index is -4.36. The Hall–Kier alpha value is -1.60. The highest BCUT2D eigenvalue weighted by Crippen LogP contribution is 2.29. The van der Waals surface area contributed by atoms with E-state index in [0.717, 1.165) is 25.0 Å². The maximum atomic E-state index is 12.5. The maximum Gasteiger partial charge on any atom is 0.416 e. The van der Waals surface area contributed by atoms with Crippen LogP contribution in [0.4, 0.5) is 13.2 Å². The number of ether oxygens (including phenoxy) is 1. The fraction of sp³-hybridized carbons (Fsp3) is 0.588. The summed E-state index contributed by atoms with van der Waals surface area (Å²) in [6.07, 6.45) is -2.07. The minimum absolute atomic E-state index is 0.0800. The molecule has 1 aliphatic rings. The van der Waals surface area contributed by atoms with Crippen molar-refractivity contribution in [2.75, 3.05) is 26.3 Å². The zero-order valence-corrected chi connectivity index (χ0v) is 13.4. The normalized spacial score (nSPS) is 16.4. The lowest BCUT2D eigenvalue weighted by molar-refractivity contribution is -0.137. The molecule has 134 valence electrons. The number of benzene rings is 1. The summed E-state index contributed by atoms with van der Waals surface area (Å²) in [5, 5.41) is 8.72. The van der Waals surface area contributed by atoms with Crippen LogP contribution in [0.15, 0.2) is 24.3 Å². The Labute approximate surface area is 139 Å². The summed E-state index contributed by atoms with van der Waals surface area (Å²) in [4.78, 5) is 14.0. The van der Waals surface area contributed by atoms with Crippen molar-refractivity contribution in [3.05, 3.63) is 35.4 Å². The van der Waals surface area contributed by atoms with Gasteiger partial charge in [0.2, 0.25) is 5.91 Å². The molecule has 1 amide bonds. The molecule has 0 radical (unpaired) electrons. The topological polar surface area (TPSA) is 49.8 Å². The van der Waals surface area contributed by atoms with Crippen LogP contribution < -0.4 is 0 Å². The van der Waals surface area contributed by atoms with Gasteiger partial charge in [0.1, 0.15) is 0 Å². The average molecular weight is 345 g/mol. The van der Waals surface area contributed by atoms with Gasteiger partial charge in [-0.1, -0.05) is 12.1 Å². The molecule has 0 aliphatic carbocycles. The molecule has 24 heavy (non-hydrogen) atoms. The predicted octanol–water partition coefficient (Wildman–Crippen LogP) is 2.64. The Balaban J connectivity index is 1.79. The second kappa shape index (κ2) is 8.48. The zero-order valence-electron chi connectivity index (χ0n) is 13.4. The number of hydrogen-bond donors (Lipinski definition) is 1. The van der Waals surface area contributed by atoms with Gasteiger partial charge in [0, 0.05) is 26.3 Å². The zero-order chi connectivity index (χ0) is 17.6. The van der Waals surface area contributed by atoms with Gasteiger partial charge in [-0.15, -0.1) is 0 Å². The van der Waals surface area contributed by atoms with Gasteiger partial charge in [-0.2, -0.15) is 13.2 Å². The molecule has 0 spiro atoms. The second-order valence-electron chi connectivity index (χ2n) is 5.90. The van der Waals surface area contributed by atoms with E-state index in [4.69, 9.17) is 9.84 Å². The summed E-state index contributed by atoms with van der Waals surface area (Å²) in [5.74, 6) is -0.0800. The number of halogens is 3. The van der Waals surface area contributed by atoms with E-state index in [0.29, 0.717) is 31.7 Å². The van der Waals surface area contributed by atoms with Gasteiger partial charge >= 0.3 is 6.18 Å². The summed E-state index contributed by atoms with van der Waals surface area (Å²) in [5.41, 5.74) is -0.131. The average Bonchev–Trinajstić information content (AvgIpc) is 2.55. The van der Waals surface area contributed by atoms with Crippen molar-refractivity contribution in [3.8, 4) is 0 Å². The maximum absolute atomic E-state index is 12.5. The van der Waals surface area contributed by atoms with Crippen molar-refractivity contribution in [1.82, 2.24) is 4.90 Å². The second-order valence-corrected chi connectivity index (χ2v) is 5.90. The Morgan fingerprint density at radius 1 is 1.21 bits per heavy atom. The monoisotopic (exact) mass is 345 g/mol. The third-order valence-electron chi connectivity index (χ3n) is 4.09. The summed E-state index contributed by atoms with van der Waals surface area (Å²) in [7, 11) is 0. The molecule has 7 heteroatoms.